The summed E-state index contributed by atoms with van der Waals surface area (Å²) in [4.78, 5) is 25.9. The van der Waals surface area contributed by atoms with Gasteiger partial charge in [0.15, 0.2) is 5.78 Å². The van der Waals surface area contributed by atoms with Crippen molar-refractivity contribution < 1.29 is 14.7 Å². The smallest absolute Gasteiger partial charge is 0.304 e. The standard InChI is InChI=1S/C17H24N2O3/c1-2-13-3-5-14(6-4-13)17(22)15(11-16(20)21)12-19-9-7-18-8-10-19/h3-6,15,18H,2,7-12H2,1H3,(H,20,21). The summed E-state index contributed by atoms with van der Waals surface area (Å²) < 4.78 is 0. The normalized spacial score (nSPS) is 17.1. The Morgan fingerprint density at radius 2 is 1.86 bits per heavy atom. The minimum atomic E-state index is -0.918. The average molecular weight is 304 g/mol. The van der Waals surface area contributed by atoms with Crippen LogP contribution in [0.15, 0.2) is 24.3 Å². The van der Waals surface area contributed by atoms with Gasteiger partial charge in [0.2, 0.25) is 0 Å². The van der Waals surface area contributed by atoms with E-state index in [1.165, 1.54) is 5.56 Å². The van der Waals surface area contributed by atoms with E-state index in [9.17, 15) is 9.59 Å². The van der Waals surface area contributed by atoms with Crippen LogP contribution in [0.2, 0.25) is 0 Å². The zero-order valence-corrected chi connectivity index (χ0v) is 13.0. The second-order valence-electron chi connectivity index (χ2n) is 5.76. The Bertz CT molecular complexity index is 507. The van der Waals surface area contributed by atoms with Crippen LogP contribution < -0.4 is 5.32 Å². The van der Waals surface area contributed by atoms with Gasteiger partial charge in [0.25, 0.3) is 0 Å². The molecule has 120 valence electrons. The molecule has 0 bridgehead atoms. The number of nitrogens with zero attached hydrogens (tertiary/aromatic N) is 1. The highest BCUT2D eigenvalue weighted by Gasteiger charge is 2.26. The van der Waals surface area contributed by atoms with E-state index in [1.807, 2.05) is 24.3 Å². The van der Waals surface area contributed by atoms with Gasteiger partial charge in [-0.3, -0.25) is 9.59 Å². The molecule has 1 saturated heterocycles. The van der Waals surface area contributed by atoms with Crippen molar-refractivity contribution in [2.24, 2.45) is 5.92 Å². The number of carboxylic acid groups (broad SMARTS) is 1. The van der Waals surface area contributed by atoms with Crippen LogP contribution in [0.4, 0.5) is 0 Å². The Kier molecular flexibility index (Phi) is 6.10. The molecule has 1 aromatic rings. The minimum Gasteiger partial charge on any atom is -0.481 e. The molecule has 1 aliphatic heterocycles. The largest absolute Gasteiger partial charge is 0.481 e. The Labute approximate surface area is 131 Å². The minimum absolute atomic E-state index is 0.0661. The van der Waals surface area contributed by atoms with Gasteiger partial charge in [0.05, 0.1) is 6.42 Å². The van der Waals surface area contributed by atoms with Crippen molar-refractivity contribution in [2.45, 2.75) is 19.8 Å². The molecule has 1 aromatic carbocycles. The SMILES string of the molecule is CCc1ccc(C(=O)C(CC(=O)O)CN2CCNCC2)cc1. The summed E-state index contributed by atoms with van der Waals surface area (Å²) in [5.74, 6) is -1.47. The number of carbonyl (C=O) groups excluding carboxylic acids is 1. The lowest BCUT2D eigenvalue weighted by Crippen LogP contribution is -2.46. The topological polar surface area (TPSA) is 69.6 Å². The lowest BCUT2D eigenvalue weighted by molar-refractivity contribution is -0.137. The van der Waals surface area contributed by atoms with Gasteiger partial charge < -0.3 is 15.3 Å². The van der Waals surface area contributed by atoms with Crippen molar-refractivity contribution >= 4 is 11.8 Å². The van der Waals surface area contributed by atoms with Crippen LogP contribution >= 0.6 is 0 Å². The summed E-state index contributed by atoms with van der Waals surface area (Å²) in [6, 6.07) is 7.51. The maximum atomic E-state index is 12.6. The van der Waals surface area contributed by atoms with Gasteiger partial charge in [-0.1, -0.05) is 31.2 Å². The van der Waals surface area contributed by atoms with Crippen molar-refractivity contribution in [3.63, 3.8) is 0 Å². The zero-order chi connectivity index (χ0) is 15.9. The van der Waals surface area contributed by atoms with E-state index in [1.54, 1.807) is 0 Å². The van der Waals surface area contributed by atoms with E-state index >= 15 is 0 Å². The second-order valence-corrected chi connectivity index (χ2v) is 5.76. The molecule has 5 nitrogen and oxygen atoms in total. The molecule has 22 heavy (non-hydrogen) atoms. The molecule has 0 saturated carbocycles. The Balaban J connectivity index is 2.08. The molecule has 1 atom stereocenters. The third-order valence-corrected chi connectivity index (χ3v) is 4.13. The molecule has 0 amide bonds. The number of nitrogens with one attached hydrogen (secondary N) is 1. The number of benzene rings is 1. The van der Waals surface area contributed by atoms with Crippen LogP contribution in [-0.4, -0.2) is 54.5 Å². The molecule has 5 heteroatoms. The summed E-state index contributed by atoms with van der Waals surface area (Å²) in [6.07, 6.45) is 0.812. The van der Waals surface area contributed by atoms with Crippen molar-refractivity contribution in [1.29, 1.82) is 0 Å². The number of carboxylic acids is 1. The van der Waals surface area contributed by atoms with Gasteiger partial charge in [-0.25, -0.2) is 0 Å². The van der Waals surface area contributed by atoms with Gasteiger partial charge >= 0.3 is 5.97 Å². The number of hydrogen-bond donors (Lipinski definition) is 2. The van der Waals surface area contributed by atoms with Crippen LogP contribution in [0.5, 0.6) is 0 Å². The van der Waals surface area contributed by atoms with E-state index < -0.39 is 11.9 Å². The van der Waals surface area contributed by atoms with Gasteiger partial charge in [0, 0.05) is 44.2 Å². The number of rotatable bonds is 7. The van der Waals surface area contributed by atoms with E-state index in [0.29, 0.717) is 12.1 Å². The molecular formula is C17H24N2O3. The monoisotopic (exact) mass is 304 g/mol. The third kappa shape index (κ3) is 4.64. The lowest BCUT2D eigenvalue weighted by Gasteiger charge is -2.30. The first kappa shape index (κ1) is 16.6. The van der Waals surface area contributed by atoms with Crippen LogP contribution in [0.3, 0.4) is 0 Å². The molecule has 2 rings (SSSR count). The third-order valence-electron chi connectivity index (χ3n) is 4.13. The van der Waals surface area contributed by atoms with Crippen LogP contribution in [-0.2, 0) is 11.2 Å². The first-order chi connectivity index (χ1) is 10.6. The van der Waals surface area contributed by atoms with Crippen molar-refractivity contribution in [1.82, 2.24) is 10.2 Å². The van der Waals surface area contributed by atoms with Gasteiger partial charge in [-0.05, 0) is 12.0 Å². The highest BCUT2D eigenvalue weighted by atomic mass is 16.4. The van der Waals surface area contributed by atoms with E-state index in [-0.39, 0.29) is 12.2 Å². The van der Waals surface area contributed by atoms with Gasteiger partial charge in [0.1, 0.15) is 0 Å². The summed E-state index contributed by atoms with van der Waals surface area (Å²) in [5, 5.41) is 12.4. The highest BCUT2D eigenvalue weighted by molar-refractivity contribution is 5.99. The van der Waals surface area contributed by atoms with Crippen molar-refractivity contribution in [3.05, 3.63) is 35.4 Å². The summed E-state index contributed by atoms with van der Waals surface area (Å²) in [5.41, 5.74) is 1.78. The maximum absolute atomic E-state index is 12.6. The van der Waals surface area contributed by atoms with Crippen molar-refractivity contribution in [2.75, 3.05) is 32.7 Å². The Hall–Kier alpha value is -1.72. The molecule has 1 fully saturated rings. The van der Waals surface area contributed by atoms with Crippen LogP contribution in [0.1, 0.15) is 29.3 Å². The quantitative estimate of drug-likeness (QED) is 0.746. The number of piperazine rings is 1. The molecule has 2 N–H and O–H groups in total. The number of Topliss-reactive ketones (excluding diaryl/α,β-unsaturated/α-hetero) is 1. The van der Waals surface area contributed by atoms with E-state index in [2.05, 4.69) is 17.1 Å². The van der Waals surface area contributed by atoms with Crippen LogP contribution in [0.25, 0.3) is 0 Å². The summed E-state index contributed by atoms with van der Waals surface area (Å²) in [7, 11) is 0. The molecule has 0 aliphatic carbocycles. The number of hydrogen-bond acceptors (Lipinski definition) is 4. The van der Waals surface area contributed by atoms with Gasteiger partial charge in [-0.15, -0.1) is 0 Å². The number of carbonyl (C=O) groups is 2. The molecule has 0 aromatic heterocycles. The fourth-order valence-corrected chi connectivity index (χ4v) is 2.80. The zero-order valence-electron chi connectivity index (χ0n) is 13.0. The van der Waals surface area contributed by atoms with E-state index in [0.717, 1.165) is 32.6 Å². The van der Waals surface area contributed by atoms with Gasteiger partial charge in [-0.2, -0.15) is 0 Å². The first-order valence-electron chi connectivity index (χ1n) is 7.88. The average Bonchev–Trinajstić information content (AvgIpc) is 2.54. The Morgan fingerprint density at radius 3 is 2.41 bits per heavy atom. The Morgan fingerprint density at radius 1 is 1.23 bits per heavy atom. The molecule has 0 spiro atoms. The van der Waals surface area contributed by atoms with E-state index in [4.69, 9.17) is 5.11 Å². The van der Waals surface area contributed by atoms with Crippen LogP contribution in [0, 0.1) is 5.92 Å². The lowest BCUT2D eigenvalue weighted by atomic mass is 9.93. The summed E-state index contributed by atoms with van der Waals surface area (Å²) in [6.45, 7) is 6.07. The highest BCUT2D eigenvalue weighted by Crippen LogP contribution is 2.16. The first-order valence-corrected chi connectivity index (χ1v) is 7.88. The maximum Gasteiger partial charge on any atom is 0.304 e. The fourth-order valence-electron chi connectivity index (χ4n) is 2.80. The fraction of sp³-hybridized carbons (Fsp3) is 0.529. The van der Waals surface area contributed by atoms with Crippen molar-refractivity contribution in [3.8, 4) is 0 Å². The predicted octanol–water partition coefficient (Wildman–Crippen LogP) is 1.43. The molecule has 1 heterocycles. The number of aliphatic carboxylic acids is 1. The second kappa shape index (κ2) is 8.06. The molecule has 1 aliphatic rings. The number of aryl methyl sites for hydroxylation is 1. The molecule has 1 unspecified atom stereocenters. The predicted molar refractivity (Wildman–Crippen MR) is 85.2 cm³/mol. The number of ketones is 1. The molecular weight excluding hydrogens is 280 g/mol. The molecule has 0 radical (unpaired) electrons. The summed E-state index contributed by atoms with van der Waals surface area (Å²) >= 11 is 0.